The van der Waals surface area contributed by atoms with Crippen molar-refractivity contribution in [3.05, 3.63) is 70.3 Å². The summed E-state index contributed by atoms with van der Waals surface area (Å²) in [4.78, 5) is 28.0. The summed E-state index contributed by atoms with van der Waals surface area (Å²) in [7, 11) is 0. The zero-order chi connectivity index (χ0) is 47.6. The molecular weight excluding hydrogens is 877 g/mol. The van der Waals surface area contributed by atoms with Crippen LogP contribution in [0.2, 0.25) is 0 Å². The number of aromatic hydroxyl groups is 1. The van der Waals surface area contributed by atoms with Crippen LogP contribution in [0.4, 0.5) is 0 Å². The summed E-state index contributed by atoms with van der Waals surface area (Å²) in [5, 5.41) is 65.6. The third-order valence-corrected chi connectivity index (χ3v) is 13.9. The Morgan fingerprint density at radius 2 is 1.09 bits per heavy atom. The molecule has 0 bridgehead atoms. The van der Waals surface area contributed by atoms with Crippen LogP contribution in [-0.2, 0) is 42.6 Å². The first-order valence-electron chi connectivity index (χ1n) is 23.4. The fourth-order valence-corrected chi connectivity index (χ4v) is 10.4. The van der Waals surface area contributed by atoms with Crippen molar-refractivity contribution < 1.29 is 87.6 Å². The van der Waals surface area contributed by atoms with Crippen molar-refractivity contribution in [2.24, 2.45) is 0 Å². The topological polar surface area (TPSA) is 248 Å². The highest BCUT2D eigenvalue weighted by molar-refractivity contribution is 6.33. The average molecular weight is 939 g/mol. The first-order chi connectivity index (χ1) is 31.9. The molecule has 0 saturated carbocycles. The van der Waals surface area contributed by atoms with E-state index in [4.69, 9.17) is 47.4 Å². The number of phenols is 1. The molecule has 5 fully saturated rings. The number of phenolic OH excluding ortho intramolecular Hbond substituents is 1. The van der Waals surface area contributed by atoms with Crippen LogP contribution in [0.5, 0.6) is 11.5 Å². The predicted molar refractivity (Wildman–Crippen MR) is 233 cm³/mol. The summed E-state index contributed by atoms with van der Waals surface area (Å²) >= 11 is 0. The Hall–Kier alpha value is -3.70. The largest absolute Gasteiger partial charge is 0.507 e. The highest BCUT2D eigenvalue weighted by atomic mass is 16.8. The predicted octanol–water partition coefficient (Wildman–Crippen LogP) is 3.42. The summed E-state index contributed by atoms with van der Waals surface area (Å²) in [5.74, 6) is -0.818. The van der Waals surface area contributed by atoms with Crippen molar-refractivity contribution in [3.8, 4) is 11.5 Å². The minimum Gasteiger partial charge on any atom is -0.507 e. The molecule has 1 aliphatic carbocycles. The number of hydrogen-bond donors (Lipinski definition) is 6. The number of aliphatic hydroxyl groups excluding tert-OH is 5. The van der Waals surface area contributed by atoms with Crippen molar-refractivity contribution in [1.29, 1.82) is 0 Å². The maximum Gasteiger partial charge on any atom is 0.202 e. The van der Waals surface area contributed by atoms with E-state index >= 15 is 0 Å². The van der Waals surface area contributed by atoms with Crippen molar-refractivity contribution in [2.45, 2.75) is 197 Å². The van der Waals surface area contributed by atoms with E-state index in [2.05, 4.69) is 0 Å². The lowest BCUT2D eigenvalue weighted by Crippen LogP contribution is -2.56. The van der Waals surface area contributed by atoms with Crippen LogP contribution < -0.4 is 4.74 Å². The Bertz CT molecular complexity index is 2250. The molecule has 6 aliphatic rings. The molecule has 18 nitrogen and oxygen atoms in total. The van der Waals surface area contributed by atoms with Gasteiger partial charge in [-0.1, -0.05) is 24.3 Å². The quantitative estimate of drug-likeness (QED) is 0.133. The Kier molecular flexibility index (Phi) is 14.1. The molecule has 67 heavy (non-hydrogen) atoms. The molecule has 0 spiro atoms. The van der Waals surface area contributed by atoms with Crippen LogP contribution >= 0.6 is 0 Å². The van der Waals surface area contributed by atoms with Crippen molar-refractivity contribution >= 4 is 22.3 Å². The normalized spacial score (nSPS) is 40.3. The van der Waals surface area contributed by atoms with Crippen LogP contribution in [-0.4, -0.2) is 159 Å². The van der Waals surface area contributed by atoms with Gasteiger partial charge < -0.3 is 78.0 Å². The second kappa shape index (κ2) is 19.6. The fraction of sp³-hybridized carbons (Fsp3) is 0.633. The van der Waals surface area contributed by atoms with E-state index in [0.717, 1.165) is 5.56 Å². The van der Waals surface area contributed by atoms with Crippen LogP contribution in [0.3, 0.4) is 0 Å². The fourth-order valence-electron chi connectivity index (χ4n) is 10.4. The number of aryl methyl sites for hydroxylation is 1. The highest BCUT2D eigenvalue weighted by Gasteiger charge is 2.47. The van der Waals surface area contributed by atoms with Crippen molar-refractivity contribution in [2.75, 3.05) is 0 Å². The molecule has 9 rings (SSSR count). The Morgan fingerprint density at radius 3 is 1.76 bits per heavy atom. The lowest BCUT2D eigenvalue weighted by Gasteiger charge is -2.45. The molecule has 0 amide bonds. The SMILES string of the molecule is Cc1cc(O)c2c3c(ccc2c1)C(=O)c1c(O[C@H]2C[C@@H](O)[C@H](O[C@H]4C[C@@H](O[C@H]5CC[C@H](O[C@H]6C[C@@H](O)[C@H](O[C@H]7C[C@@H](O)[C@H](O)[C@@H](C)O7)C(C)O6)[C@H](C)O5)[C@H](O)[C@@H](C)O4)[C@@H](C)O2)cccc1C3=O. The Labute approximate surface area is 387 Å². The zero-order valence-electron chi connectivity index (χ0n) is 38.3. The number of ether oxygens (including phenoxy) is 10. The van der Waals surface area contributed by atoms with E-state index < -0.39 is 122 Å². The number of carbonyl (C=O) groups is 2. The van der Waals surface area contributed by atoms with Crippen LogP contribution in [0, 0.1) is 6.92 Å². The number of benzene rings is 3. The second-order valence-corrected chi connectivity index (χ2v) is 18.9. The molecule has 18 heteroatoms. The van der Waals surface area contributed by atoms with Gasteiger partial charge in [-0.3, -0.25) is 9.59 Å². The Balaban J connectivity index is 0.767. The molecule has 5 heterocycles. The monoisotopic (exact) mass is 938 g/mol. The minimum absolute atomic E-state index is 0.0409. The first kappa shape index (κ1) is 48.3. The number of ketones is 2. The highest BCUT2D eigenvalue weighted by Crippen LogP contribution is 2.41. The molecule has 5 saturated heterocycles. The summed E-state index contributed by atoms with van der Waals surface area (Å²) in [5.41, 5.74) is 1.31. The molecule has 0 radical (unpaired) electrons. The van der Waals surface area contributed by atoms with Gasteiger partial charge in [0.1, 0.15) is 35.9 Å². The number of fused-ring (bicyclic) bond motifs is 4. The van der Waals surface area contributed by atoms with E-state index in [1.54, 1.807) is 64.1 Å². The number of aliphatic hydroxyl groups is 5. The van der Waals surface area contributed by atoms with E-state index in [-0.39, 0.29) is 65.5 Å². The van der Waals surface area contributed by atoms with Gasteiger partial charge in [-0.05, 0) is 77.1 Å². The summed E-state index contributed by atoms with van der Waals surface area (Å²) in [6.07, 6.45) is -13.7. The maximum atomic E-state index is 14.0. The second-order valence-electron chi connectivity index (χ2n) is 18.9. The average Bonchev–Trinajstić information content (AvgIpc) is 3.26. The summed E-state index contributed by atoms with van der Waals surface area (Å²) in [6, 6.07) is 11.4. The molecule has 5 aliphatic heterocycles. The number of hydrogen-bond acceptors (Lipinski definition) is 18. The molecule has 19 atom stereocenters. The molecule has 366 valence electrons. The summed E-state index contributed by atoms with van der Waals surface area (Å²) in [6.45, 7) is 10.5. The maximum absolute atomic E-state index is 14.0. The number of carbonyl (C=O) groups excluding carboxylic acids is 2. The third kappa shape index (κ3) is 9.77. The standard InChI is InChI=1S/C49H62O18/c1-20-14-26-10-11-28-43(41(26)29(50)15-20)47(57)27-8-7-9-34(42(27)46(28)56)64-38-18-32(53)49(25(6)62-38)67-40-19-35(45(55)23(4)60-40)65-36-13-12-33(21(2)58-36)63-37-17-31(52)48(24(5)61-37)66-39-16-30(51)44(54)22(3)59-39/h7-11,14-15,21-25,30-33,35-40,44-45,48-55H,12-13,16-19H2,1-6H3/t21-,22+,23+,24?,25+,30+,31+,32+,33-,35+,36-,37-,38-,39-,40-,44+,45+,48+,49+/m0/s1. The van der Waals surface area contributed by atoms with Gasteiger partial charge in [-0.25, -0.2) is 0 Å². The van der Waals surface area contributed by atoms with Crippen molar-refractivity contribution in [3.63, 3.8) is 0 Å². The number of rotatable bonds is 10. The molecule has 0 aromatic heterocycles. The van der Waals surface area contributed by atoms with Gasteiger partial charge in [0.05, 0.1) is 66.6 Å². The first-order valence-corrected chi connectivity index (χ1v) is 23.4. The van der Waals surface area contributed by atoms with Crippen molar-refractivity contribution in [1.82, 2.24) is 0 Å². The molecule has 6 N–H and O–H groups in total. The van der Waals surface area contributed by atoms with Crippen LogP contribution in [0.25, 0.3) is 10.8 Å². The third-order valence-electron chi connectivity index (χ3n) is 13.9. The van der Waals surface area contributed by atoms with Gasteiger partial charge in [-0.2, -0.15) is 0 Å². The van der Waals surface area contributed by atoms with Gasteiger partial charge in [0.25, 0.3) is 0 Å². The lowest BCUT2D eigenvalue weighted by molar-refractivity contribution is -0.336. The molecule has 1 unspecified atom stereocenters. The van der Waals surface area contributed by atoms with E-state index in [9.17, 15) is 40.2 Å². The van der Waals surface area contributed by atoms with Gasteiger partial charge in [-0.15, -0.1) is 0 Å². The van der Waals surface area contributed by atoms with Gasteiger partial charge >= 0.3 is 0 Å². The molecule has 3 aromatic carbocycles. The van der Waals surface area contributed by atoms with E-state index in [1.165, 1.54) is 0 Å². The molecular formula is C49H62O18. The minimum atomic E-state index is -1.09. The zero-order valence-corrected chi connectivity index (χ0v) is 38.3. The molecule has 3 aromatic rings. The van der Waals surface area contributed by atoms with Crippen LogP contribution in [0.1, 0.15) is 111 Å². The van der Waals surface area contributed by atoms with Gasteiger partial charge in [0, 0.05) is 54.2 Å². The van der Waals surface area contributed by atoms with Gasteiger partial charge in [0.2, 0.25) is 6.29 Å². The van der Waals surface area contributed by atoms with Crippen LogP contribution in [0.15, 0.2) is 42.5 Å². The van der Waals surface area contributed by atoms with Gasteiger partial charge in [0.15, 0.2) is 36.7 Å². The van der Waals surface area contributed by atoms with E-state index in [0.29, 0.717) is 23.6 Å². The van der Waals surface area contributed by atoms with E-state index in [1.807, 2.05) is 19.9 Å². The lowest BCUT2D eigenvalue weighted by atomic mass is 9.81. The summed E-state index contributed by atoms with van der Waals surface area (Å²) < 4.78 is 61.4. The smallest absolute Gasteiger partial charge is 0.202 e. The Morgan fingerprint density at radius 1 is 0.537 bits per heavy atom.